The summed E-state index contributed by atoms with van der Waals surface area (Å²) in [5.74, 6) is -2.26. The van der Waals surface area contributed by atoms with Gasteiger partial charge in [0.2, 0.25) is 0 Å². The molecule has 0 aliphatic rings. The number of carbonyl (C=O) groups is 1. The van der Waals surface area contributed by atoms with E-state index in [1.54, 1.807) is 0 Å². The maximum absolute atomic E-state index is 12.8. The third kappa shape index (κ3) is 1.68. The summed E-state index contributed by atoms with van der Waals surface area (Å²) in [6.45, 7) is 0. The molecule has 5 heteroatoms. The molecule has 12 heavy (non-hydrogen) atoms. The maximum Gasteiger partial charge on any atom is 0.338 e. The highest BCUT2D eigenvalue weighted by atomic mass is 35.5. The minimum atomic E-state index is -1.37. The van der Waals surface area contributed by atoms with Crippen LogP contribution in [-0.2, 0) is 0 Å². The van der Waals surface area contributed by atoms with Crippen molar-refractivity contribution in [2.75, 3.05) is 0 Å². The minimum absolute atomic E-state index is 0.000772. The number of hydrogen-bond donors (Lipinski definition) is 1. The lowest BCUT2D eigenvalue weighted by Crippen LogP contribution is -2.00. The summed E-state index contributed by atoms with van der Waals surface area (Å²) < 4.78 is 12.8. The van der Waals surface area contributed by atoms with Crippen molar-refractivity contribution in [1.82, 2.24) is 0 Å². The number of halogens is 3. The van der Waals surface area contributed by atoms with E-state index in [1.165, 1.54) is 0 Å². The second-order valence-electron chi connectivity index (χ2n) is 2.05. The van der Waals surface area contributed by atoms with Gasteiger partial charge in [-0.3, -0.25) is 0 Å². The van der Waals surface area contributed by atoms with Crippen molar-refractivity contribution < 1.29 is 14.3 Å². The van der Waals surface area contributed by atoms with Crippen LogP contribution in [0, 0.1) is 5.82 Å². The van der Waals surface area contributed by atoms with Crippen LogP contribution in [0.25, 0.3) is 0 Å². The Morgan fingerprint density at radius 2 is 1.83 bits per heavy atom. The summed E-state index contributed by atoms with van der Waals surface area (Å²) in [7, 11) is 0. The van der Waals surface area contributed by atoms with E-state index in [2.05, 4.69) is 0 Å². The molecule has 0 saturated carbocycles. The van der Waals surface area contributed by atoms with Crippen LogP contribution in [0.3, 0.4) is 0 Å². The normalized spacial score (nSPS) is 9.92. The number of carboxylic acid groups (broad SMARTS) is 1. The van der Waals surface area contributed by atoms with Gasteiger partial charge in [-0.15, -0.1) is 0 Å². The first-order chi connectivity index (χ1) is 5.52. The van der Waals surface area contributed by atoms with E-state index >= 15 is 0 Å². The molecule has 64 valence electrons. The molecule has 1 rings (SSSR count). The minimum Gasteiger partial charge on any atom is -0.478 e. The average molecular weight is 209 g/mol. The fraction of sp³-hybridized carbons (Fsp3) is 0. The zero-order valence-electron chi connectivity index (χ0n) is 5.64. The number of hydrogen-bond acceptors (Lipinski definition) is 1. The smallest absolute Gasteiger partial charge is 0.338 e. The average Bonchev–Trinajstić information content (AvgIpc) is 1.96. The zero-order chi connectivity index (χ0) is 9.30. The molecule has 0 atom stereocenters. The lowest BCUT2D eigenvalue weighted by atomic mass is 10.2. The summed E-state index contributed by atoms with van der Waals surface area (Å²) in [5.41, 5.74) is -0.482. The molecule has 0 radical (unpaired) electrons. The van der Waals surface area contributed by atoms with Gasteiger partial charge in [-0.25, -0.2) is 9.18 Å². The predicted octanol–water partition coefficient (Wildman–Crippen LogP) is 2.83. The van der Waals surface area contributed by atoms with Crippen molar-refractivity contribution >= 4 is 29.2 Å². The van der Waals surface area contributed by atoms with Crippen molar-refractivity contribution in [3.63, 3.8) is 0 Å². The van der Waals surface area contributed by atoms with E-state index in [0.29, 0.717) is 0 Å². The largest absolute Gasteiger partial charge is 0.478 e. The van der Waals surface area contributed by atoms with Gasteiger partial charge >= 0.3 is 5.97 Å². The number of carboxylic acids is 1. The topological polar surface area (TPSA) is 37.3 Å². The zero-order valence-corrected chi connectivity index (χ0v) is 7.16. The van der Waals surface area contributed by atoms with Crippen LogP contribution in [0.2, 0.25) is 10.0 Å². The molecular formula is C7H3Cl2FO2. The molecule has 0 fully saturated rings. The third-order valence-corrected chi connectivity index (χ3v) is 1.96. The molecule has 0 aliphatic heterocycles. The molecule has 0 saturated heterocycles. The second-order valence-corrected chi connectivity index (χ2v) is 2.87. The standard InChI is InChI=1S/C7H3Cl2FO2/c8-4-1-3(7(11)12)6(10)2-5(4)9/h1-2H,(H,11,12). The molecule has 0 aromatic heterocycles. The number of rotatable bonds is 1. The van der Waals surface area contributed by atoms with Gasteiger partial charge in [0.1, 0.15) is 5.82 Å². The fourth-order valence-electron chi connectivity index (χ4n) is 0.686. The van der Waals surface area contributed by atoms with Crippen LogP contribution in [0.5, 0.6) is 0 Å². The number of benzene rings is 1. The molecule has 0 amide bonds. The molecule has 0 heterocycles. The molecule has 1 N–H and O–H groups in total. The summed E-state index contributed by atoms with van der Waals surface area (Å²) in [5, 5.41) is 8.46. The predicted molar refractivity (Wildman–Crippen MR) is 43.4 cm³/mol. The van der Waals surface area contributed by atoms with Crippen LogP contribution in [0.1, 0.15) is 10.4 Å². The fourth-order valence-corrected chi connectivity index (χ4v) is 1.00. The molecule has 0 unspecified atom stereocenters. The molecular weight excluding hydrogens is 206 g/mol. The van der Waals surface area contributed by atoms with E-state index in [9.17, 15) is 9.18 Å². The highest BCUT2D eigenvalue weighted by Crippen LogP contribution is 2.24. The van der Waals surface area contributed by atoms with Gasteiger partial charge < -0.3 is 5.11 Å². The molecule has 0 aliphatic carbocycles. The first kappa shape index (κ1) is 9.29. The Bertz CT molecular complexity index is 338. The van der Waals surface area contributed by atoms with Gasteiger partial charge in [-0.1, -0.05) is 23.2 Å². The van der Waals surface area contributed by atoms with Crippen LogP contribution in [-0.4, -0.2) is 11.1 Å². The van der Waals surface area contributed by atoms with Gasteiger partial charge in [0.05, 0.1) is 15.6 Å². The van der Waals surface area contributed by atoms with Crippen LogP contribution in [0.4, 0.5) is 4.39 Å². The Morgan fingerprint density at radius 3 is 2.33 bits per heavy atom. The van der Waals surface area contributed by atoms with Gasteiger partial charge in [0.15, 0.2) is 0 Å². The van der Waals surface area contributed by atoms with E-state index in [1.807, 2.05) is 0 Å². The Balaban J connectivity index is 3.33. The van der Waals surface area contributed by atoms with Crippen molar-refractivity contribution in [1.29, 1.82) is 0 Å². The molecule has 0 bridgehead atoms. The first-order valence-corrected chi connectivity index (χ1v) is 3.66. The number of aromatic carboxylic acids is 1. The van der Waals surface area contributed by atoms with Crippen molar-refractivity contribution in [3.05, 3.63) is 33.6 Å². The van der Waals surface area contributed by atoms with Gasteiger partial charge in [0, 0.05) is 0 Å². The van der Waals surface area contributed by atoms with E-state index in [-0.39, 0.29) is 10.0 Å². The van der Waals surface area contributed by atoms with Crippen molar-refractivity contribution in [3.8, 4) is 0 Å². The molecule has 2 nitrogen and oxygen atoms in total. The Hall–Kier alpha value is -0.800. The van der Waals surface area contributed by atoms with E-state index in [4.69, 9.17) is 28.3 Å². The Labute approximate surface area is 77.5 Å². The van der Waals surface area contributed by atoms with E-state index < -0.39 is 17.3 Å². The lowest BCUT2D eigenvalue weighted by Gasteiger charge is -1.99. The summed E-state index contributed by atoms with van der Waals surface area (Å²) >= 11 is 10.9. The van der Waals surface area contributed by atoms with Gasteiger partial charge in [-0.05, 0) is 12.1 Å². The SMILES string of the molecule is O=C(O)c1cc(Cl)c(Cl)cc1F. The Morgan fingerprint density at radius 1 is 1.33 bits per heavy atom. The van der Waals surface area contributed by atoms with Crippen molar-refractivity contribution in [2.45, 2.75) is 0 Å². The van der Waals surface area contributed by atoms with Crippen LogP contribution >= 0.6 is 23.2 Å². The summed E-state index contributed by atoms with van der Waals surface area (Å²) in [4.78, 5) is 10.3. The van der Waals surface area contributed by atoms with Gasteiger partial charge in [0.25, 0.3) is 0 Å². The quantitative estimate of drug-likeness (QED) is 0.722. The highest BCUT2D eigenvalue weighted by Gasteiger charge is 2.12. The first-order valence-electron chi connectivity index (χ1n) is 2.90. The molecule has 0 spiro atoms. The monoisotopic (exact) mass is 208 g/mol. The van der Waals surface area contributed by atoms with Crippen LogP contribution < -0.4 is 0 Å². The van der Waals surface area contributed by atoms with E-state index in [0.717, 1.165) is 12.1 Å². The summed E-state index contributed by atoms with van der Waals surface area (Å²) in [6.07, 6.45) is 0. The third-order valence-electron chi connectivity index (χ3n) is 1.24. The second kappa shape index (κ2) is 3.29. The molecule has 1 aromatic rings. The van der Waals surface area contributed by atoms with Crippen LogP contribution in [0.15, 0.2) is 12.1 Å². The maximum atomic E-state index is 12.8. The molecule has 1 aromatic carbocycles. The highest BCUT2D eigenvalue weighted by molar-refractivity contribution is 6.42. The van der Waals surface area contributed by atoms with Gasteiger partial charge in [-0.2, -0.15) is 0 Å². The lowest BCUT2D eigenvalue weighted by molar-refractivity contribution is 0.0692. The van der Waals surface area contributed by atoms with Crippen molar-refractivity contribution in [2.24, 2.45) is 0 Å². The Kier molecular flexibility index (Phi) is 2.55. The summed E-state index contributed by atoms with van der Waals surface area (Å²) in [6, 6.07) is 1.84.